The van der Waals surface area contributed by atoms with Crippen LogP contribution < -0.4 is 15.5 Å². The van der Waals surface area contributed by atoms with Crippen LogP contribution in [0.15, 0.2) is 58.5 Å². The Morgan fingerprint density at radius 2 is 1.88 bits per heavy atom. The molecule has 0 spiro atoms. The predicted octanol–water partition coefficient (Wildman–Crippen LogP) is 4.52. The Balaban J connectivity index is 1.66. The lowest BCUT2D eigenvalue weighted by atomic mass is 10.1. The lowest BCUT2D eigenvalue weighted by Gasteiger charge is -2.31. The molecule has 1 saturated carbocycles. The molecule has 3 aromatic rings. The van der Waals surface area contributed by atoms with Crippen LogP contribution >= 0.6 is 11.3 Å². The van der Waals surface area contributed by atoms with Crippen LogP contribution in [0.1, 0.15) is 58.3 Å². The number of aryl methyl sites for hydroxylation is 2. The fourth-order valence-corrected chi connectivity index (χ4v) is 4.86. The van der Waals surface area contributed by atoms with E-state index in [0.717, 1.165) is 36.8 Å². The van der Waals surface area contributed by atoms with E-state index in [2.05, 4.69) is 10.6 Å². The third kappa shape index (κ3) is 5.39. The van der Waals surface area contributed by atoms with Crippen molar-refractivity contribution in [2.45, 2.75) is 51.6 Å². The quantitative estimate of drug-likeness (QED) is 0.497. The normalized spacial score (nSPS) is 14.5. The Morgan fingerprint density at radius 3 is 2.53 bits per heavy atom. The van der Waals surface area contributed by atoms with Crippen LogP contribution in [0.2, 0.25) is 0 Å². The monoisotopic (exact) mass is 479 g/mol. The highest BCUT2D eigenvalue weighted by atomic mass is 32.1. The largest absolute Gasteiger partial charge is 0.467 e. The van der Waals surface area contributed by atoms with Crippen LogP contribution in [0.5, 0.6) is 0 Å². The number of furan rings is 1. The molecule has 0 aliphatic heterocycles. The van der Waals surface area contributed by atoms with Gasteiger partial charge in [-0.1, -0.05) is 25.0 Å². The van der Waals surface area contributed by atoms with E-state index in [4.69, 9.17) is 4.42 Å². The highest BCUT2D eigenvalue weighted by Gasteiger charge is 2.36. The number of hydrogen-bond acceptors (Lipinski definition) is 5. The molecule has 7 nitrogen and oxygen atoms in total. The second-order valence-corrected chi connectivity index (χ2v) is 9.55. The number of amides is 3. The Labute approximate surface area is 203 Å². The third-order valence-corrected chi connectivity index (χ3v) is 7.07. The Morgan fingerprint density at radius 1 is 1.09 bits per heavy atom. The van der Waals surface area contributed by atoms with E-state index in [1.807, 2.05) is 32.0 Å². The summed E-state index contributed by atoms with van der Waals surface area (Å²) in [6, 6.07) is 11.6. The van der Waals surface area contributed by atoms with Crippen LogP contribution in [-0.4, -0.2) is 30.3 Å². The molecular weight excluding hydrogens is 450 g/mol. The molecule has 34 heavy (non-hydrogen) atoms. The maximum Gasteiger partial charge on any atom is 0.261 e. The van der Waals surface area contributed by atoms with Gasteiger partial charge in [-0.15, -0.1) is 11.3 Å². The number of benzene rings is 1. The van der Waals surface area contributed by atoms with Gasteiger partial charge in [0.2, 0.25) is 5.91 Å². The highest BCUT2D eigenvalue weighted by Crippen LogP contribution is 2.31. The summed E-state index contributed by atoms with van der Waals surface area (Å²) in [5.41, 5.74) is 2.64. The molecule has 1 aromatic carbocycles. The summed E-state index contributed by atoms with van der Waals surface area (Å²) in [6.45, 7) is 3.70. The summed E-state index contributed by atoms with van der Waals surface area (Å²) in [5.74, 6) is -0.658. The first kappa shape index (κ1) is 23.8. The van der Waals surface area contributed by atoms with E-state index in [0.29, 0.717) is 16.3 Å². The van der Waals surface area contributed by atoms with E-state index >= 15 is 0 Å². The van der Waals surface area contributed by atoms with E-state index in [9.17, 15) is 14.4 Å². The van der Waals surface area contributed by atoms with Crippen molar-refractivity contribution in [1.82, 2.24) is 10.6 Å². The van der Waals surface area contributed by atoms with E-state index in [1.165, 1.54) is 22.5 Å². The topological polar surface area (TPSA) is 91.7 Å². The first-order chi connectivity index (χ1) is 16.4. The second kappa shape index (κ2) is 10.7. The maximum atomic E-state index is 13.6. The van der Waals surface area contributed by atoms with Gasteiger partial charge in [0, 0.05) is 11.7 Å². The van der Waals surface area contributed by atoms with Crippen molar-refractivity contribution in [3.8, 4) is 0 Å². The van der Waals surface area contributed by atoms with Crippen molar-refractivity contribution in [1.29, 1.82) is 0 Å². The van der Waals surface area contributed by atoms with E-state index < -0.39 is 11.9 Å². The molecule has 1 fully saturated rings. The van der Waals surface area contributed by atoms with Gasteiger partial charge >= 0.3 is 0 Å². The molecule has 2 aromatic heterocycles. The van der Waals surface area contributed by atoms with Gasteiger partial charge in [-0.05, 0) is 73.5 Å². The van der Waals surface area contributed by atoms with Crippen molar-refractivity contribution in [2.24, 2.45) is 0 Å². The summed E-state index contributed by atoms with van der Waals surface area (Å²) in [7, 11) is 0. The average molecular weight is 480 g/mol. The van der Waals surface area contributed by atoms with Gasteiger partial charge in [0.15, 0.2) is 6.04 Å². The van der Waals surface area contributed by atoms with Crippen LogP contribution in [0.25, 0.3) is 0 Å². The van der Waals surface area contributed by atoms with E-state index in [1.54, 1.807) is 29.6 Å². The molecule has 0 bridgehead atoms. The summed E-state index contributed by atoms with van der Waals surface area (Å²) in [6.07, 6.45) is 5.48. The molecule has 2 N–H and O–H groups in total. The number of anilines is 1. The predicted molar refractivity (Wildman–Crippen MR) is 132 cm³/mol. The van der Waals surface area contributed by atoms with Crippen molar-refractivity contribution < 1.29 is 18.8 Å². The first-order valence-corrected chi connectivity index (χ1v) is 12.4. The van der Waals surface area contributed by atoms with Crippen molar-refractivity contribution in [3.05, 3.63) is 75.9 Å². The second-order valence-electron chi connectivity index (χ2n) is 8.60. The van der Waals surface area contributed by atoms with Crippen LogP contribution in [0.3, 0.4) is 0 Å². The van der Waals surface area contributed by atoms with Crippen molar-refractivity contribution >= 4 is 34.7 Å². The molecule has 0 unspecified atom stereocenters. The smallest absolute Gasteiger partial charge is 0.261 e. The van der Waals surface area contributed by atoms with Gasteiger partial charge in [-0.2, -0.15) is 0 Å². The molecule has 0 radical (unpaired) electrons. The minimum absolute atomic E-state index is 0.0835. The molecule has 1 atom stereocenters. The van der Waals surface area contributed by atoms with Crippen molar-refractivity contribution in [2.75, 3.05) is 11.4 Å². The zero-order valence-corrected chi connectivity index (χ0v) is 20.2. The zero-order chi connectivity index (χ0) is 24.1. The molecule has 1 aliphatic carbocycles. The SMILES string of the molecule is Cc1ccc(N(C(=O)CNC(=O)c2cccs2)[C@@H](C(=O)NC2CCCC2)c2ccco2)cc1C. The minimum Gasteiger partial charge on any atom is -0.467 e. The summed E-state index contributed by atoms with van der Waals surface area (Å²) in [4.78, 5) is 41.5. The van der Waals surface area contributed by atoms with Gasteiger partial charge in [0.25, 0.3) is 11.8 Å². The average Bonchev–Trinajstić information content (AvgIpc) is 3.61. The third-order valence-electron chi connectivity index (χ3n) is 6.20. The van der Waals surface area contributed by atoms with Gasteiger partial charge < -0.3 is 15.1 Å². The standard InChI is InChI=1S/C26H29N3O4S/c1-17-11-12-20(15-18(17)2)29(23(30)16-27-25(31)22-10-6-14-34-22)24(21-9-5-13-33-21)26(32)28-19-7-3-4-8-19/h5-6,9-15,19,24H,3-4,7-8,16H2,1-2H3,(H,27,31)(H,28,32)/t24-/m1/s1. The Bertz CT molecular complexity index is 1140. The molecule has 178 valence electrons. The molecule has 3 amide bonds. The summed E-state index contributed by atoms with van der Waals surface area (Å²) < 4.78 is 5.63. The van der Waals surface area contributed by atoms with Crippen LogP contribution in [0, 0.1) is 13.8 Å². The number of carbonyl (C=O) groups excluding carboxylic acids is 3. The molecule has 1 aliphatic rings. The molecule has 8 heteroatoms. The summed E-state index contributed by atoms with van der Waals surface area (Å²) in [5, 5.41) is 7.60. The maximum absolute atomic E-state index is 13.6. The molecule has 4 rings (SSSR count). The number of nitrogens with one attached hydrogen (secondary N) is 2. The van der Waals surface area contributed by atoms with Crippen LogP contribution in [0.4, 0.5) is 5.69 Å². The van der Waals surface area contributed by atoms with Crippen LogP contribution in [-0.2, 0) is 9.59 Å². The van der Waals surface area contributed by atoms with Gasteiger partial charge in [-0.3, -0.25) is 19.3 Å². The fourth-order valence-electron chi connectivity index (χ4n) is 4.22. The Kier molecular flexibility index (Phi) is 7.47. The number of nitrogens with zero attached hydrogens (tertiary/aromatic N) is 1. The minimum atomic E-state index is -0.996. The molecular formula is C26H29N3O4S. The highest BCUT2D eigenvalue weighted by molar-refractivity contribution is 7.12. The number of hydrogen-bond donors (Lipinski definition) is 2. The Hall–Kier alpha value is -3.39. The lowest BCUT2D eigenvalue weighted by Crippen LogP contribution is -2.49. The van der Waals surface area contributed by atoms with Crippen molar-refractivity contribution in [3.63, 3.8) is 0 Å². The fraction of sp³-hybridized carbons (Fsp3) is 0.346. The number of thiophene rings is 1. The van der Waals surface area contributed by atoms with Gasteiger partial charge in [0.05, 0.1) is 17.7 Å². The number of rotatable bonds is 8. The zero-order valence-electron chi connectivity index (χ0n) is 19.4. The lowest BCUT2D eigenvalue weighted by molar-refractivity contribution is -0.127. The first-order valence-electron chi connectivity index (χ1n) is 11.5. The molecule has 2 heterocycles. The van der Waals surface area contributed by atoms with Gasteiger partial charge in [-0.25, -0.2) is 0 Å². The van der Waals surface area contributed by atoms with Gasteiger partial charge in [0.1, 0.15) is 5.76 Å². The van der Waals surface area contributed by atoms with E-state index in [-0.39, 0.29) is 24.4 Å². The number of carbonyl (C=O) groups is 3. The molecule has 0 saturated heterocycles. The summed E-state index contributed by atoms with van der Waals surface area (Å²) >= 11 is 1.30.